The average molecular weight is 334 g/mol. The summed E-state index contributed by atoms with van der Waals surface area (Å²) in [6.07, 6.45) is 5.44. The minimum absolute atomic E-state index is 0.171. The van der Waals surface area contributed by atoms with Crippen LogP contribution in [0.15, 0.2) is 12.1 Å². The minimum atomic E-state index is -0.669. The first-order valence-electron chi connectivity index (χ1n) is 8.68. The Hall–Kier alpha value is -1.50. The SMILES string of the molecule is O=C(NO)c1cc(F)c2c(c1)CCN([C@H]1C[C@]3(CCCOC3)C1)C2. The smallest absolute Gasteiger partial charge is 0.274 e. The van der Waals surface area contributed by atoms with Gasteiger partial charge in [-0.25, -0.2) is 9.87 Å². The van der Waals surface area contributed by atoms with Crippen LogP contribution in [0.25, 0.3) is 0 Å². The molecule has 2 fully saturated rings. The fourth-order valence-corrected chi connectivity index (χ4v) is 4.58. The van der Waals surface area contributed by atoms with E-state index in [1.807, 2.05) is 0 Å². The molecular formula is C18H23FN2O3. The van der Waals surface area contributed by atoms with E-state index in [2.05, 4.69) is 4.90 Å². The van der Waals surface area contributed by atoms with Gasteiger partial charge in [0.25, 0.3) is 5.91 Å². The van der Waals surface area contributed by atoms with Crippen LogP contribution >= 0.6 is 0 Å². The summed E-state index contributed by atoms with van der Waals surface area (Å²) < 4.78 is 20.1. The van der Waals surface area contributed by atoms with Crippen LogP contribution in [0.2, 0.25) is 0 Å². The molecule has 0 radical (unpaired) electrons. The highest BCUT2D eigenvalue weighted by Crippen LogP contribution is 2.49. The van der Waals surface area contributed by atoms with E-state index in [0.29, 0.717) is 23.6 Å². The van der Waals surface area contributed by atoms with Crippen LogP contribution in [-0.4, -0.2) is 41.8 Å². The van der Waals surface area contributed by atoms with Crippen molar-refractivity contribution in [1.29, 1.82) is 0 Å². The van der Waals surface area contributed by atoms with Crippen LogP contribution in [-0.2, 0) is 17.7 Å². The molecule has 6 heteroatoms. The molecule has 1 amide bonds. The highest BCUT2D eigenvalue weighted by atomic mass is 19.1. The Balaban J connectivity index is 1.46. The molecule has 130 valence electrons. The van der Waals surface area contributed by atoms with Crippen LogP contribution < -0.4 is 5.48 Å². The van der Waals surface area contributed by atoms with E-state index >= 15 is 0 Å². The Labute approximate surface area is 140 Å². The van der Waals surface area contributed by atoms with Gasteiger partial charge in [-0.15, -0.1) is 0 Å². The van der Waals surface area contributed by atoms with Crippen molar-refractivity contribution in [2.45, 2.75) is 44.7 Å². The number of ether oxygens (including phenoxy) is 1. The third-order valence-electron chi connectivity index (χ3n) is 5.94. The molecular weight excluding hydrogens is 311 g/mol. The highest BCUT2D eigenvalue weighted by molar-refractivity contribution is 5.93. The maximum Gasteiger partial charge on any atom is 0.274 e. The monoisotopic (exact) mass is 334 g/mol. The Morgan fingerprint density at radius 2 is 2.25 bits per heavy atom. The zero-order valence-corrected chi connectivity index (χ0v) is 13.7. The number of nitrogens with zero attached hydrogens (tertiary/aromatic N) is 1. The number of benzene rings is 1. The third kappa shape index (κ3) is 2.72. The Morgan fingerprint density at radius 1 is 1.42 bits per heavy atom. The largest absolute Gasteiger partial charge is 0.381 e. The molecule has 5 nitrogen and oxygen atoms in total. The molecule has 4 rings (SSSR count). The molecule has 2 aliphatic heterocycles. The summed E-state index contributed by atoms with van der Waals surface area (Å²) in [7, 11) is 0. The van der Waals surface area contributed by atoms with Crippen molar-refractivity contribution in [2.75, 3.05) is 19.8 Å². The van der Waals surface area contributed by atoms with Crippen LogP contribution in [0, 0.1) is 11.2 Å². The molecule has 1 spiro atoms. The van der Waals surface area contributed by atoms with E-state index in [0.717, 1.165) is 51.0 Å². The number of carbonyl (C=O) groups is 1. The van der Waals surface area contributed by atoms with Gasteiger partial charge in [-0.2, -0.15) is 0 Å². The molecule has 0 atom stereocenters. The number of hydroxylamine groups is 1. The zero-order chi connectivity index (χ0) is 16.7. The normalized spacial score (nSPS) is 29.8. The van der Waals surface area contributed by atoms with Gasteiger partial charge in [0.2, 0.25) is 0 Å². The van der Waals surface area contributed by atoms with E-state index in [9.17, 15) is 9.18 Å². The number of rotatable bonds is 2. The maximum absolute atomic E-state index is 14.4. The number of hydrogen-bond acceptors (Lipinski definition) is 4. The first-order chi connectivity index (χ1) is 11.6. The first kappa shape index (κ1) is 16.0. The van der Waals surface area contributed by atoms with Crippen molar-refractivity contribution < 1.29 is 19.1 Å². The van der Waals surface area contributed by atoms with E-state index in [-0.39, 0.29) is 11.4 Å². The summed E-state index contributed by atoms with van der Waals surface area (Å²) in [5.41, 5.74) is 3.67. The number of nitrogens with one attached hydrogen (secondary N) is 1. The molecule has 2 N–H and O–H groups in total. The van der Waals surface area contributed by atoms with Gasteiger partial charge in [0, 0.05) is 36.9 Å². The quantitative estimate of drug-likeness (QED) is 0.643. The topological polar surface area (TPSA) is 61.8 Å². The predicted molar refractivity (Wildman–Crippen MR) is 85.3 cm³/mol. The summed E-state index contributed by atoms with van der Waals surface area (Å²) in [4.78, 5) is 13.9. The molecule has 1 aliphatic carbocycles. The molecule has 1 saturated heterocycles. The van der Waals surface area contributed by atoms with Crippen LogP contribution in [0.3, 0.4) is 0 Å². The van der Waals surface area contributed by atoms with Crippen molar-refractivity contribution in [3.63, 3.8) is 0 Å². The number of halogens is 1. The van der Waals surface area contributed by atoms with Crippen molar-refractivity contribution in [3.8, 4) is 0 Å². The van der Waals surface area contributed by atoms with Crippen LogP contribution in [0.1, 0.15) is 47.2 Å². The fourth-order valence-electron chi connectivity index (χ4n) is 4.58. The zero-order valence-electron chi connectivity index (χ0n) is 13.7. The number of carbonyl (C=O) groups excluding carboxylic acids is 1. The van der Waals surface area contributed by atoms with E-state index in [4.69, 9.17) is 9.94 Å². The van der Waals surface area contributed by atoms with Crippen molar-refractivity contribution in [1.82, 2.24) is 10.4 Å². The summed E-state index contributed by atoms with van der Waals surface area (Å²) in [6.45, 7) is 3.25. The summed E-state index contributed by atoms with van der Waals surface area (Å²) in [6, 6.07) is 3.42. The van der Waals surface area contributed by atoms with E-state index in [1.54, 1.807) is 11.5 Å². The molecule has 24 heavy (non-hydrogen) atoms. The van der Waals surface area contributed by atoms with E-state index in [1.165, 1.54) is 12.5 Å². The predicted octanol–water partition coefficient (Wildman–Crippen LogP) is 2.26. The second kappa shape index (κ2) is 6.10. The lowest BCUT2D eigenvalue weighted by atomic mass is 9.62. The van der Waals surface area contributed by atoms with Gasteiger partial charge in [0.15, 0.2) is 0 Å². The van der Waals surface area contributed by atoms with Gasteiger partial charge in [-0.3, -0.25) is 14.9 Å². The second-order valence-electron chi connectivity index (χ2n) is 7.48. The Bertz CT molecular complexity index is 650. The minimum Gasteiger partial charge on any atom is -0.381 e. The summed E-state index contributed by atoms with van der Waals surface area (Å²) in [5.74, 6) is -1.02. The number of amides is 1. The lowest BCUT2D eigenvalue weighted by Crippen LogP contribution is -2.55. The molecule has 0 aromatic heterocycles. The lowest BCUT2D eigenvalue weighted by molar-refractivity contribution is -0.0985. The molecule has 0 bridgehead atoms. The summed E-state index contributed by atoms with van der Waals surface area (Å²) >= 11 is 0. The van der Waals surface area contributed by atoms with Crippen LogP contribution in [0.5, 0.6) is 0 Å². The molecule has 1 saturated carbocycles. The maximum atomic E-state index is 14.4. The Morgan fingerprint density at radius 3 is 2.96 bits per heavy atom. The highest BCUT2D eigenvalue weighted by Gasteiger charge is 2.47. The standard InChI is InChI=1S/C18H23FN2O3/c19-16-7-13(17(22)20-23)6-12-2-4-21(10-15(12)16)14-8-18(9-14)3-1-5-24-11-18/h6-7,14,23H,1-5,8-11H2,(H,20,22)/t14-,18+. The second-order valence-corrected chi connectivity index (χ2v) is 7.48. The van der Waals surface area contributed by atoms with Gasteiger partial charge >= 0.3 is 0 Å². The molecule has 0 unspecified atom stereocenters. The van der Waals surface area contributed by atoms with Crippen LogP contribution in [0.4, 0.5) is 4.39 Å². The fraction of sp³-hybridized carbons (Fsp3) is 0.611. The Kier molecular flexibility index (Phi) is 4.06. The lowest BCUT2D eigenvalue weighted by Gasteiger charge is -2.54. The van der Waals surface area contributed by atoms with E-state index < -0.39 is 5.91 Å². The molecule has 3 aliphatic rings. The number of fused-ring (bicyclic) bond motifs is 1. The van der Waals surface area contributed by atoms with Crippen molar-refractivity contribution in [3.05, 3.63) is 34.6 Å². The third-order valence-corrected chi connectivity index (χ3v) is 5.94. The van der Waals surface area contributed by atoms with Gasteiger partial charge in [0.1, 0.15) is 5.82 Å². The van der Waals surface area contributed by atoms with Gasteiger partial charge in [-0.05, 0) is 55.2 Å². The van der Waals surface area contributed by atoms with Crippen molar-refractivity contribution in [2.24, 2.45) is 5.41 Å². The molecule has 1 aromatic carbocycles. The van der Waals surface area contributed by atoms with Crippen molar-refractivity contribution >= 4 is 5.91 Å². The summed E-state index contributed by atoms with van der Waals surface area (Å²) in [5, 5.41) is 8.72. The van der Waals surface area contributed by atoms with Gasteiger partial charge in [0.05, 0.1) is 6.61 Å². The van der Waals surface area contributed by atoms with Gasteiger partial charge in [-0.1, -0.05) is 0 Å². The number of hydrogen-bond donors (Lipinski definition) is 2. The van der Waals surface area contributed by atoms with Gasteiger partial charge < -0.3 is 4.74 Å². The first-order valence-corrected chi connectivity index (χ1v) is 8.68. The molecule has 2 heterocycles. The average Bonchev–Trinajstić information content (AvgIpc) is 2.59. The molecule has 1 aromatic rings.